The van der Waals surface area contributed by atoms with Gasteiger partial charge in [0.2, 0.25) is 0 Å². The van der Waals surface area contributed by atoms with Crippen LogP contribution >= 0.6 is 0 Å². The van der Waals surface area contributed by atoms with Crippen molar-refractivity contribution >= 4 is 17.7 Å². The minimum Gasteiger partial charge on any atom is -0.493 e. The Morgan fingerprint density at radius 3 is 2.71 bits per heavy atom. The fourth-order valence-corrected chi connectivity index (χ4v) is 3.61. The third kappa shape index (κ3) is 4.61. The molecule has 5 nitrogen and oxygen atoms in total. The highest BCUT2D eigenvalue weighted by atomic mass is 16.5. The summed E-state index contributed by atoms with van der Waals surface area (Å²) in [5.41, 5.74) is 3.16. The van der Waals surface area contributed by atoms with Crippen LogP contribution in [0.4, 0.5) is 5.69 Å². The van der Waals surface area contributed by atoms with Crippen molar-refractivity contribution in [1.82, 2.24) is 4.90 Å². The van der Waals surface area contributed by atoms with Crippen molar-refractivity contribution in [2.24, 2.45) is 0 Å². The molecule has 1 fully saturated rings. The molecule has 0 spiro atoms. The number of morpholine rings is 1. The van der Waals surface area contributed by atoms with Gasteiger partial charge in [-0.05, 0) is 41.5 Å². The number of hydrogen-bond acceptors (Lipinski definition) is 4. The monoisotopic (exact) mass is 378 g/mol. The number of ether oxygens (including phenoxy) is 2. The molecule has 2 aliphatic heterocycles. The third-order valence-corrected chi connectivity index (χ3v) is 5.21. The van der Waals surface area contributed by atoms with E-state index < -0.39 is 0 Å². The van der Waals surface area contributed by atoms with Crippen LogP contribution in [0.3, 0.4) is 0 Å². The summed E-state index contributed by atoms with van der Waals surface area (Å²) in [6.45, 7) is 5.61. The van der Waals surface area contributed by atoms with E-state index in [9.17, 15) is 4.79 Å². The number of nitrogens with zero attached hydrogens (tertiary/aromatic N) is 2. The Balaban J connectivity index is 1.46. The normalized spacial score (nSPS) is 16.7. The number of amides is 1. The van der Waals surface area contributed by atoms with Crippen LogP contribution in [-0.4, -0.2) is 56.8 Å². The third-order valence-electron chi connectivity index (χ3n) is 5.21. The predicted molar refractivity (Wildman–Crippen MR) is 111 cm³/mol. The molecule has 0 radical (unpaired) electrons. The average molecular weight is 378 g/mol. The van der Waals surface area contributed by atoms with Gasteiger partial charge in [-0.1, -0.05) is 24.3 Å². The van der Waals surface area contributed by atoms with Gasteiger partial charge in [-0.2, -0.15) is 0 Å². The molecular weight excluding hydrogens is 352 g/mol. The maximum absolute atomic E-state index is 13.0. The van der Waals surface area contributed by atoms with Gasteiger partial charge in [-0.15, -0.1) is 0 Å². The average Bonchev–Trinajstić information content (AvgIpc) is 3.22. The maximum atomic E-state index is 13.0. The van der Waals surface area contributed by atoms with Gasteiger partial charge in [0.25, 0.3) is 5.91 Å². The maximum Gasteiger partial charge on any atom is 0.251 e. The lowest BCUT2D eigenvalue weighted by molar-refractivity contribution is -0.114. The SMILES string of the molecule is O=C(/C=C/c1ccc2c(c1)CCO2)N(CCN1CCOCC1)c1ccccc1. The van der Waals surface area contributed by atoms with Gasteiger partial charge < -0.3 is 14.4 Å². The van der Waals surface area contributed by atoms with E-state index in [2.05, 4.69) is 11.0 Å². The van der Waals surface area contributed by atoms with Gasteiger partial charge in [-0.25, -0.2) is 0 Å². The zero-order chi connectivity index (χ0) is 19.2. The second-order valence-corrected chi connectivity index (χ2v) is 7.08. The fraction of sp³-hybridized carbons (Fsp3) is 0.348. The molecular formula is C23H26N2O3. The second-order valence-electron chi connectivity index (χ2n) is 7.08. The van der Waals surface area contributed by atoms with E-state index in [1.54, 1.807) is 6.08 Å². The van der Waals surface area contributed by atoms with Gasteiger partial charge in [0.1, 0.15) is 5.75 Å². The van der Waals surface area contributed by atoms with Gasteiger partial charge in [0.15, 0.2) is 0 Å². The lowest BCUT2D eigenvalue weighted by atomic mass is 10.1. The van der Waals surface area contributed by atoms with Crippen molar-refractivity contribution in [3.05, 3.63) is 65.7 Å². The quantitative estimate of drug-likeness (QED) is 0.725. The molecule has 1 saturated heterocycles. The molecule has 0 aliphatic carbocycles. The van der Waals surface area contributed by atoms with Crippen LogP contribution in [0.2, 0.25) is 0 Å². The largest absolute Gasteiger partial charge is 0.493 e. The summed E-state index contributed by atoms with van der Waals surface area (Å²) < 4.78 is 11.0. The summed E-state index contributed by atoms with van der Waals surface area (Å²) in [5.74, 6) is 0.955. The topological polar surface area (TPSA) is 42.0 Å². The van der Waals surface area contributed by atoms with E-state index in [1.165, 1.54) is 5.56 Å². The van der Waals surface area contributed by atoms with Crippen LogP contribution in [0.1, 0.15) is 11.1 Å². The summed E-state index contributed by atoms with van der Waals surface area (Å²) in [5, 5.41) is 0. The summed E-state index contributed by atoms with van der Waals surface area (Å²) >= 11 is 0. The molecule has 0 atom stereocenters. The molecule has 2 aromatic rings. The zero-order valence-electron chi connectivity index (χ0n) is 16.0. The first kappa shape index (κ1) is 18.7. The van der Waals surface area contributed by atoms with Crippen LogP contribution in [0.15, 0.2) is 54.6 Å². The minimum absolute atomic E-state index is 0.00351. The molecule has 0 saturated carbocycles. The van der Waals surface area contributed by atoms with Crippen molar-refractivity contribution in [1.29, 1.82) is 0 Å². The second kappa shape index (κ2) is 9.04. The van der Waals surface area contributed by atoms with Crippen molar-refractivity contribution in [3.8, 4) is 5.75 Å². The van der Waals surface area contributed by atoms with Gasteiger partial charge in [0.05, 0.1) is 19.8 Å². The smallest absolute Gasteiger partial charge is 0.251 e. The molecule has 0 bridgehead atoms. The summed E-state index contributed by atoms with van der Waals surface area (Å²) in [7, 11) is 0. The summed E-state index contributed by atoms with van der Waals surface area (Å²) in [6, 6.07) is 16.0. The van der Waals surface area contributed by atoms with E-state index >= 15 is 0 Å². The molecule has 2 aliphatic rings. The van der Waals surface area contributed by atoms with Crippen LogP contribution in [-0.2, 0) is 16.0 Å². The van der Waals surface area contributed by atoms with Crippen LogP contribution in [0, 0.1) is 0 Å². The molecule has 0 N–H and O–H groups in total. The standard InChI is InChI=1S/C23H26N2O3/c26-23(9-7-19-6-8-22-20(18-19)10-15-28-22)25(21-4-2-1-3-5-21)12-11-24-13-16-27-17-14-24/h1-9,18H,10-17H2/b9-7+. The van der Waals surface area contributed by atoms with E-state index in [1.807, 2.05) is 53.4 Å². The van der Waals surface area contributed by atoms with Crippen molar-refractivity contribution in [2.45, 2.75) is 6.42 Å². The number of carbonyl (C=O) groups excluding carboxylic acids is 1. The van der Waals surface area contributed by atoms with Crippen molar-refractivity contribution < 1.29 is 14.3 Å². The molecule has 0 aromatic heterocycles. The van der Waals surface area contributed by atoms with Gasteiger partial charge in [-0.3, -0.25) is 9.69 Å². The molecule has 146 valence electrons. The highest BCUT2D eigenvalue weighted by Gasteiger charge is 2.17. The molecule has 1 amide bonds. The summed E-state index contributed by atoms with van der Waals surface area (Å²) in [6.07, 6.45) is 4.50. The number of para-hydroxylation sites is 1. The number of hydrogen-bond donors (Lipinski definition) is 0. The first-order valence-corrected chi connectivity index (χ1v) is 9.90. The Labute approximate surface area is 166 Å². The van der Waals surface area contributed by atoms with Crippen LogP contribution in [0.25, 0.3) is 6.08 Å². The number of anilines is 1. The fourth-order valence-electron chi connectivity index (χ4n) is 3.61. The number of benzene rings is 2. The van der Waals surface area contributed by atoms with Gasteiger partial charge >= 0.3 is 0 Å². The number of rotatable bonds is 6. The Morgan fingerprint density at radius 1 is 1.07 bits per heavy atom. The van der Waals surface area contributed by atoms with Gasteiger partial charge in [0, 0.05) is 44.4 Å². The van der Waals surface area contributed by atoms with E-state index in [-0.39, 0.29) is 5.91 Å². The highest BCUT2D eigenvalue weighted by Crippen LogP contribution is 2.26. The molecule has 28 heavy (non-hydrogen) atoms. The van der Waals surface area contributed by atoms with Crippen LogP contribution < -0.4 is 9.64 Å². The predicted octanol–water partition coefficient (Wildman–Crippen LogP) is 3.00. The Kier molecular flexibility index (Phi) is 6.04. The Bertz CT molecular complexity index is 829. The molecule has 5 heteroatoms. The van der Waals surface area contributed by atoms with E-state index in [0.29, 0.717) is 6.54 Å². The van der Waals surface area contributed by atoms with E-state index in [4.69, 9.17) is 9.47 Å². The highest BCUT2D eigenvalue weighted by molar-refractivity contribution is 6.03. The first-order valence-electron chi connectivity index (χ1n) is 9.90. The molecule has 4 rings (SSSR count). The zero-order valence-corrected chi connectivity index (χ0v) is 16.0. The molecule has 2 aromatic carbocycles. The van der Waals surface area contributed by atoms with Crippen LogP contribution in [0.5, 0.6) is 5.75 Å². The number of carbonyl (C=O) groups is 1. The molecule has 2 heterocycles. The summed E-state index contributed by atoms with van der Waals surface area (Å²) in [4.78, 5) is 17.2. The molecule has 0 unspecified atom stereocenters. The first-order chi connectivity index (χ1) is 13.8. The lowest BCUT2D eigenvalue weighted by Crippen LogP contribution is -2.42. The van der Waals surface area contributed by atoms with E-state index in [0.717, 1.165) is 62.9 Å². The minimum atomic E-state index is -0.00351. The number of fused-ring (bicyclic) bond motifs is 1. The Morgan fingerprint density at radius 2 is 1.89 bits per heavy atom. The lowest BCUT2D eigenvalue weighted by Gasteiger charge is -2.29. The van der Waals surface area contributed by atoms with Crippen molar-refractivity contribution in [3.63, 3.8) is 0 Å². The van der Waals surface area contributed by atoms with Crippen molar-refractivity contribution in [2.75, 3.05) is 50.9 Å². The Hall–Kier alpha value is -2.63.